The minimum atomic E-state index is -0.246. The Balaban J connectivity index is 1.71. The second-order valence-electron chi connectivity index (χ2n) is 6.03. The largest absolute Gasteiger partial charge is 0.360 e. The molecule has 0 unspecified atom stereocenters. The zero-order valence-corrected chi connectivity index (χ0v) is 14.3. The van der Waals surface area contributed by atoms with E-state index in [4.69, 9.17) is 11.6 Å². The molecule has 0 saturated carbocycles. The Morgan fingerprint density at radius 1 is 0.880 bits per heavy atom. The highest BCUT2D eigenvalue weighted by Crippen LogP contribution is 2.36. The second-order valence-corrected chi connectivity index (χ2v) is 6.44. The molecule has 124 valence electrons. The molecular weight excluding hydrogens is 332 g/mol. The summed E-state index contributed by atoms with van der Waals surface area (Å²) in [5.74, 6) is 0.0315. The summed E-state index contributed by atoms with van der Waals surface area (Å²) in [5.41, 5.74) is 3.62. The number of nitrogens with one attached hydrogen (secondary N) is 1. The van der Waals surface area contributed by atoms with Crippen molar-refractivity contribution in [2.45, 2.75) is 12.7 Å². The zero-order valence-electron chi connectivity index (χ0n) is 13.5. The lowest BCUT2D eigenvalue weighted by Crippen LogP contribution is -2.31. The SMILES string of the molecule is O=C1c2ccccc2[C@H](Nc2ccccc2Cl)N1Cc1ccccc1. The number of fused-ring (bicyclic) bond motifs is 1. The highest BCUT2D eigenvalue weighted by Gasteiger charge is 2.36. The average molecular weight is 349 g/mol. The normalized spacial score (nSPS) is 16.0. The fraction of sp³-hybridized carbons (Fsp3) is 0.0952. The maximum Gasteiger partial charge on any atom is 0.256 e. The van der Waals surface area contributed by atoms with Gasteiger partial charge in [-0.15, -0.1) is 0 Å². The molecule has 0 spiro atoms. The van der Waals surface area contributed by atoms with Crippen molar-refractivity contribution in [3.63, 3.8) is 0 Å². The summed E-state index contributed by atoms with van der Waals surface area (Å²) in [7, 11) is 0. The van der Waals surface area contributed by atoms with Gasteiger partial charge in [0.15, 0.2) is 0 Å². The van der Waals surface area contributed by atoms with E-state index in [-0.39, 0.29) is 12.1 Å². The minimum Gasteiger partial charge on any atom is -0.360 e. The monoisotopic (exact) mass is 348 g/mol. The number of carbonyl (C=O) groups excluding carboxylic acids is 1. The summed E-state index contributed by atoms with van der Waals surface area (Å²) < 4.78 is 0. The standard InChI is InChI=1S/C21H17ClN2O/c22-18-12-6-7-13-19(18)23-20-16-10-4-5-11-17(16)21(25)24(20)14-15-8-2-1-3-9-15/h1-13,20,23H,14H2/t20-/m1/s1. The topological polar surface area (TPSA) is 32.3 Å². The van der Waals surface area contributed by atoms with Crippen LogP contribution in [0.2, 0.25) is 5.02 Å². The van der Waals surface area contributed by atoms with Gasteiger partial charge in [-0.2, -0.15) is 0 Å². The van der Waals surface area contributed by atoms with E-state index in [2.05, 4.69) is 5.32 Å². The number of amides is 1. The summed E-state index contributed by atoms with van der Waals surface area (Å²) in [5, 5.41) is 4.08. The van der Waals surface area contributed by atoms with Gasteiger partial charge in [0.25, 0.3) is 5.91 Å². The fourth-order valence-corrected chi connectivity index (χ4v) is 3.38. The third kappa shape index (κ3) is 2.99. The first kappa shape index (κ1) is 15.7. The number of carbonyl (C=O) groups is 1. The van der Waals surface area contributed by atoms with E-state index >= 15 is 0 Å². The van der Waals surface area contributed by atoms with Crippen molar-refractivity contribution in [1.82, 2.24) is 4.90 Å². The van der Waals surface area contributed by atoms with Gasteiger partial charge >= 0.3 is 0 Å². The predicted octanol–water partition coefficient (Wildman–Crippen LogP) is 5.11. The first-order chi connectivity index (χ1) is 12.2. The van der Waals surface area contributed by atoms with Crippen LogP contribution < -0.4 is 5.32 Å². The van der Waals surface area contributed by atoms with Gasteiger partial charge in [0.1, 0.15) is 6.17 Å². The van der Waals surface area contributed by atoms with Crippen LogP contribution in [0.15, 0.2) is 78.9 Å². The molecule has 0 saturated heterocycles. The first-order valence-corrected chi connectivity index (χ1v) is 8.57. The molecule has 1 heterocycles. The lowest BCUT2D eigenvalue weighted by Gasteiger charge is -2.27. The minimum absolute atomic E-state index is 0.0315. The Hall–Kier alpha value is -2.78. The molecule has 0 fully saturated rings. The van der Waals surface area contributed by atoms with Crippen molar-refractivity contribution in [2.24, 2.45) is 0 Å². The quantitative estimate of drug-likeness (QED) is 0.710. The van der Waals surface area contributed by atoms with Gasteiger partial charge in [-0.05, 0) is 23.8 Å². The van der Waals surface area contributed by atoms with Crippen LogP contribution in [0.3, 0.4) is 0 Å². The van der Waals surface area contributed by atoms with Crippen LogP contribution in [0, 0.1) is 0 Å². The highest BCUT2D eigenvalue weighted by atomic mass is 35.5. The van der Waals surface area contributed by atoms with Crippen molar-refractivity contribution in [1.29, 1.82) is 0 Å². The Bertz CT molecular complexity index is 911. The van der Waals surface area contributed by atoms with E-state index < -0.39 is 0 Å². The van der Waals surface area contributed by atoms with Crippen molar-refractivity contribution < 1.29 is 4.79 Å². The molecular formula is C21H17ClN2O. The summed E-state index contributed by atoms with van der Waals surface area (Å²) in [6.07, 6.45) is -0.246. The van der Waals surface area contributed by atoms with Gasteiger partial charge < -0.3 is 10.2 Å². The molecule has 4 rings (SSSR count). The molecule has 0 aliphatic carbocycles. The number of hydrogen-bond acceptors (Lipinski definition) is 2. The molecule has 25 heavy (non-hydrogen) atoms. The van der Waals surface area contributed by atoms with Crippen LogP contribution in [-0.4, -0.2) is 10.8 Å². The molecule has 0 radical (unpaired) electrons. The predicted molar refractivity (Wildman–Crippen MR) is 101 cm³/mol. The summed E-state index contributed by atoms with van der Waals surface area (Å²) >= 11 is 6.31. The average Bonchev–Trinajstić information content (AvgIpc) is 2.91. The van der Waals surface area contributed by atoms with E-state index in [0.717, 1.165) is 22.4 Å². The number of anilines is 1. The van der Waals surface area contributed by atoms with Crippen molar-refractivity contribution >= 4 is 23.2 Å². The molecule has 3 aromatic rings. The molecule has 0 aromatic heterocycles. The third-order valence-corrected chi connectivity index (χ3v) is 4.75. The van der Waals surface area contributed by atoms with Gasteiger partial charge in [0.05, 0.1) is 10.7 Å². The highest BCUT2D eigenvalue weighted by molar-refractivity contribution is 6.33. The van der Waals surface area contributed by atoms with E-state index in [9.17, 15) is 4.79 Å². The zero-order chi connectivity index (χ0) is 17.2. The summed E-state index contributed by atoms with van der Waals surface area (Å²) in [6, 6.07) is 25.3. The number of hydrogen-bond donors (Lipinski definition) is 1. The molecule has 3 aromatic carbocycles. The summed E-state index contributed by atoms with van der Waals surface area (Å²) in [4.78, 5) is 14.8. The Morgan fingerprint density at radius 3 is 2.36 bits per heavy atom. The number of nitrogens with zero attached hydrogens (tertiary/aromatic N) is 1. The van der Waals surface area contributed by atoms with Gasteiger partial charge in [0.2, 0.25) is 0 Å². The van der Waals surface area contributed by atoms with Crippen LogP contribution in [0.5, 0.6) is 0 Å². The number of benzene rings is 3. The van der Waals surface area contributed by atoms with Crippen LogP contribution >= 0.6 is 11.6 Å². The van der Waals surface area contributed by atoms with Crippen molar-refractivity contribution in [3.05, 3.63) is 101 Å². The molecule has 1 aliphatic heterocycles. The molecule has 1 aliphatic rings. The molecule has 1 atom stereocenters. The van der Waals surface area contributed by atoms with Crippen LogP contribution in [0.25, 0.3) is 0 Å². The Kier molecular flexibility index (Phi) is 4.16. The van der Waals surface area contributed by atoms with E-state index in [1.807, 2.05) is 83.8 Å². The van der Waals surface area contributed by atoms with Gasteiger partial charge in [-0.25, -0.2) is 0 Å². The molecule has 0 bridgehead atoms. The second kappa shape index (κ2) is 6.61. The fourth-order valence-electron chi connectivity index (χ4n) is 3.19. The maximum atomic E-state index is 12.9. The molecule has 3 nitrogen and oxygen atoms in total. The number of para-hydroxylation sites is 1. The van der Waals surface area contributed by atoms with Gasteiger partial charge in [-0.3, -0.25) is 4.79 Å². The van der Waals surface area contributed by atoms with Crippen LogP contribution in [0.1, 0.15) is 27.7 Å². The number of halogens is 1. The van der Waals surface area contributed by atoms with E-state index in [0.29, 0.717) is 11.6 Å². The molecule has 1 amide bonds. The molecule has 1 N–H and O–H groups in total. The van der Waals surface area contributed by atoms with E-state index in [1.54, 1.807) is 0 Å². The van der Waals surface area contributed by atoms with Crippen LogP contribution in [0.4, 0.5) is 5.69 Å². The van der Waals surface area contributed by atoms with Crippen molar-refractivity contribution in [2.75, 3.05) is 5.32 Å². The number of rotatable bonds is 4. The van der Waals surface area contributed by atoms with E-state index in [1.165, 1.54) is 0 Å². The Labute approximate surface area is 151 Å². The van der Waals surface area contributed by atoms with Crippen LogP contribution in [-0.2, 0) is 6.54 Å². The first-order valence-electron chi connectivity index (χ1n) is 8.19. The maximum absolute atomic E-state index is 12.9. The third-order valence-electron chi connectivity index (χ3n) is 4.42. The molecule has 4 heteroatoms. The summed E-state index contributed by atoms with van der Waals surface area (Å²) in [6.45, 7) is 0.538. The van der Waals surface area contributed by atoms with Gasteiger partial charge in [0, 0.05) is 17.7 Å². The van der Waals surface area contributed by atoms with Crippen molar-refractivity contribution in [3.8, 4) is 0 Å². The Morgan fingerprint density at radius 2 is 1.56 bits per heavy atom. The smallest absolute Gasteiger partial charge is 0.256 e. The van der Waals surface area contributed by atoms with Gasteiger partial charge in [-0.1, -0.05) is 72.3 Å². The lowest BCUT2D eigenvalue weighted by atomic mass is 10.1. The lowest BCUT2D eigenvalue weighted by molar-refractivity contribution is 0.0729.